The van der Waals surface area contributed by atoms with Gasteiger partial charge in [0, 0.05) is 12.1 Å². The quantitative estimate of drug-likeness (QED) is 0.825. The lowest BCUT2D eigenvalue weighted by Gasteiger charge is -2.33. The summed E-state index contributed by atoms with van der Waals surface area (Å²) in [4.78, 5) is 14.0. The van der Waals surface area contributed by atoms with Gasteiger partial charge in [-0.25, -0.2) is 0 Å². The number of rotatable bonds is 4. The Labute approximate surface area is 123 Å². The molecule has 1 rings (SSSR count). The van der Waals surface area contributed by atoms with Crippen molar-refractivity contribution in [2.24, 2.45) is 0 Å². The van der Waals surface area contributed by atoms with Crippen LogP contribution in [0, 0.1) is 0 Å². The molecule has 1 saturated heterocycles. The summed E-state index contributed by atoms with van der Waals surface area (Å²) < 4.78 is 0. The second-order valence-corrected chi connectivity index (χ2v) is 5.43. The number of nitrogens with one attached hydrogen (secondary N) is 2. The molecule has 0 bridgehead atoms. The van der Waals surface area contributed by atoms with Crippen molar-refractivity contribution in [2.45, 2.75) is 44.7 Å². The van der Waals surface area contributed by atoms with Gasteiger partial charge in [0.2, 0.25) is 5.91 Å². The summed E-state index contributed by atoms with van der Waals surface area (Å²) in [6.07, 6.45) is 3.31. The fourth-order valence-corrected chi connectivity index (χ4v) is 1.66. The second kappa shape index (κ2) is 8.97. The van der Waals surface area contributed by atoms with Crippen LogP contribution in [0.25, 0.3) is 0 Å². The van der Waals surface area contributed by atoms with Gasteiger partial charge in [0.1, 0.15) is 0 Å². The minimum Gasteiger partial charge on any atom is -0.353 e. The topological polar surface area (TPSA) is 44.4 Å². The number of nitrogens with zero attached hydrogens (tertiary/aromatic N) is 1. The first-order valence-electron chi connectivity index (χ1n) is 6.12. The highest BCUT2D eigenvalue weighted by Gasteiger charge is 2.24. The van der Waals surface area contributed by atoms with Gasteiger partial charge < -0.3 is 15.5 Å². The molecule has 0 spiro atoms. The first-order valence-corrected chi connectivity index (χ1v) is 6.12. The van der Waals surface area contributed by atoms with Crippen molar-refractivity contribution >= 4 is 30.7 Å². The number of likely N-dealkylation sites (N-methyl/N-ethyl adjacent to an activating group) is 1. The lowest BCUT2D eigenvalue weighted by Crippen LogP contribution is -2.53. The van der Waals surface area contributed by atoms with Gasteiger partial charge in [-0.05, 0) is 47.3 Å². The summed E-state index contributed by atoms with van der Waals surface area (Å²) >= 11 is 0. The van der Waals surface area contributed by atoms with Gasteiger partial charge in [0.25, 0.3) is 0 Å². The Bertz CT molecular complexity index is 241. The molecule has 1 aliphatic heterocycles. The van der Waals surface area contributed by atoms with E-state index in [9.17, 15) is 4.79 Å². The maximum absolute atomic E-state index is 11.9. The number of hydrogen-bond acceptors (Lipinski definition) is 3. The van der Waals surface area contributed by atoms with Crippen LogP contribution in [0.3, 0.4) is 0 Å². The molecule has 0 aromatic carbocycles. The average molecular weight is 300 g/mol. The van der Waals surface area contributed by atoms with Gasteiger partial charge in [-0.15, -0.1) is 24.8 Å². The van der Waals surface area contributed by atoms with Crippen LogP contribution in [0.1, 0.15) is 33.1 Å². The maximum atomic E-state index is 11.9. The third-order valence-electron chi connectivity index (χ3n) is 3.53. The van der Waals surface area contributed by atoms with Crippen LogP contribution in [-0.4, -0.2) is 49.6 Å². The third kappa shape index (κ3) is 6.23. The van der Waals surface area contributed by atoms with Gasteiger partial charge in [-0.1, -0.05) is 6.42 Å². The highest BCUT2D eigenvalue weighted by Crippen LogP contribution is 2.10. The van der Waals surface area contributed by atoms with E-state index in [-0.39, 0.29) is 42.3 Å². The smallest absolute Gasteiger partial charge is 0.237 e. The molecule has 6 heteroatoms. The van der Waals surface area contributed by atoms with Crippen LogP contribution < -0.4 is 10.6 Å². The van der Waals surface area contributed by atoms with Gasteiger partial charge in [0.15, 0.2) is 0 Å². The molecule has 1 fully saturated rings. The standard InChI is InChI=1S/C12H25N3O.2ClH/c1-12(2,15(3)4)9-14-11(16)10-7-5-6-8-13-10;;/h10,13H,5-9H2,1-4H3,(H,14,16);2*1H. The van der Waals surface area contributed by atoms with Crippen LogP contribution >= 0.6 is 24.8 Å². The molecule has 2 N–H and O–H groups in total. The van der Waals surface area contributed by atoms with E-state index in [2.05, 4.69) is 29.4 Å². The Morgan fingerprint density at radius 3 is 2.39 bits per heavy atom. The lowest BCUT2D eigenvalue weighted by molar-refractivity contribution is -0.124. The van der Waals surface area contributed by atoms with E-state index in [4.69, 9.17) is 0 Å². The molecule has 0 aromatic rings. The molecule has 1 amide bonds. The number of hydrogen-bond donors (Lipinski definition) is 2. The molecule has 0 saturated carbocycles. The zero-order valence-electron chi connectivity index (χ0n) is 11.8. The number of carbonyl (C=O) groups is 1. The summed E-state index contributed by atoms with van der Waals surface area (Å²) in [6.45, 7) is 5.91. The van der Waals surface area contributed by atoms with Crippen LogP contribution in [0.2, 0.25) is 0 Å². The summed E-state index contributed by atoms with van der Waals surface area (Å²) in [5.74, 6) is 0.148. The molecule has 0 aromatic heterocycles. The van der Waals surface area contributed by atoms with Crippen LogP contribution in [0.15, 0.2) is 0 Å². The summed E-state index contributed by atoms with van der Waals surface area (Å²) in [7, 11) is 4.07. The molecule has 4 nitrogen and oxygen atoms in total. The van der Waals surface area contributed by atoms with E-state index in [1.807, 2.05) is 14.1 Å². The molecule has 0 aliphatic carbocycles. The van der Waals surface area contributed by atoms with Crippen LogP contribution in [-0.2, 0) is 4.79 Å². The molecule has 110 valence electrons. The van der Waals surface area contributed by atoms with Gasteiger partial charge in [0.05, 0.1) is 6.04 Å². The maximum Gasteiger partial charge on any atom is 0.237 e. The minimum absolute atomic E-state index is 0. The largest absolute Gasteiger partial charge is 0.353 e. The van der Waals surface area contributed by atoms with Crippen molar-refractivity contribution in [1.29, 1.82) is 0 Å². The van der Waals surface area contributed by atoms with Gasteiger partial charge in [-0.2, -0.15) is 0 Å². The Balaban J connectivity index is 0. The number of piperidine rings is 1. The van der Waals surface area contributed by atoms with Gasteiger partial charge >= 0.3 is 0 Å². The van der Waals surface area contributed by atoms with Crippen LogP contribution in [0.4, 0.5) is 0 Å². The zero-order valence-corrected chi connectivity index (χ0v) is 13.4. The predicted octanol–water partition coefficient (Wildman–Crippen LogP) is 1.43. The number of amides is 1. The summed E-state index contributed by atoms with van der Waals surface area (Å²) in [6, 6.07) is 0.0201. The predicted molar refractivity (Wildman–Crippen MR) is 80.9 cm³/mol. The Morgan fingerprint density at radius 1 is 1.33 bits per heavy atom. The van der Waals surface area contributed by atoms with Gasteiger partial charge in [-0.3, -0.25) is 4.79 Å². The molecular formula is C12H27Cl2N3O. The Hall–Kier alpha value is -0.0300. The minimum atomic E-state index is 0. The van der Waals surface area contributed by atoms with Crippen molar-refractivity contribution in [2.75, 3.05) is 27.2 Å². The normalized spacial score (nSPS) is 19.7. The van der Waals surface area contributed by atoms with Crippen molar-refractivity contribution in [1.82, 2.24) is 15.5 Å². The van der Waals surface area contributed by atoms with Crippen molar-refractivity contribution < 1.29 is 4.79 Å². The summed E-state index contributed by atoms with van der Waals surface area (Å²) in [5.41, 5.74) is 0.00429. The zero-order chi connectivity index (χ0) is 12.2. The first kappa shape index (κ1) is 20.3. The van der Waals surface area contributed by atoms with E-state index >= 15 is 0 Å². The molecule has 1 heterocycles. The molecule has 1 atom stereocenters. The van der Waals surface area contributed by atoms with Crippen molar-refractivity contribution in [3.63, 3.8) is 0 Å². The monoisotopic (exact) mass is 299 g/mol. The molecular weight excluding hydrogens is 273 g/mol. The van der Waals surface area contributed by atoms with E-state index < -0.39 is 0 Å². The highest BCUT2D eigenvalue weighted by molar-refractivity contribution is 5.85. The average Bonchev–Trinajstić information content (AvgIpc) is 2.27. The third-order valence-corrected chi connectivity index (χ3v) is 3.53. The SMILES string of the molecule is CN(C)C(C)(C)CNC(=O)C1CCCCN1.Cl.Cl. The highest BCUT2D eigenvalue weighted by atomic mass is 35.5. The first-order chi connectivity index (χ1) is 7.43. The van der Waals surface area contributed by atoms with E-state index in [1.165, 1.54) is 6.42 Å². The van der Waals surface area contributed by atoms with E-state index in [0.717, 1.165) is 19.4 Å². The van der Waals surface area contributed by atoms with E-state index in [1.54, 1.807) is 0 Å². The van der Waals surface area contributed by atoms with E-state index in [0.29, 0.717) is 6.54 Å². The number of halogens is 2. The molecule has 1 aliphatic rings. The Kier molecular flexibility index (Phi) is 10.1. The molecule has 18 heavy (non-hydrogen) atoms. The van der Waals surface area contributed by atoms with Crippen LogP contribution in [0.5, 0.6) is 0 Å². The molecule has 1 unspecified atom stereocenters. The molecule has 0 radical (unpaired) electrons. The fraction of sp³-hybridized carbons (Fsp3) is 0.917. The van der Waals surface area contributed by atoms with Crippen molar-refractivity contribution in [3.05, 3.63) is 0 Å². The Morgan fingerprint density at radius 2 is 1.94 bits per heavy atom. The number of carbonyl (C=O) groups excluding carboxylic acids is 1. The summed E-state index contributed by atoms with van der Waals surface area (Å²) in [5, 5.41) is 6.29. The lowest BCUT2D eigenvalue weighted by atomic mass is 10.0. The fourth-order valence-electron chi connectivity index (χ4n) is 1.66. The second-order valence-electron chi connectivity index (χ2n) is 5.43. The van der Waals surface area contributed by atoms with Crippen molar-refractivity contribution in [3.8, 4) is 0 Å².